The zero-order valence-corrected chi connectivity index (χ0v) is 26.3. The molecule has 9 aromatic rings. The Kier molecular flexibility index (Phi) is 6.31. The smallest absolute Gasteiger partial charge is 0.0992 e. The SMILES string of the molecule is N#Cc1cc(-c2cccc(-c3cccc(-c4cccc5c4sc4ccccc45)c3)c2)cc(-c2cccc3c2sc2ccccc23)c1. The summed E-state index contributed by atoms with van der Waals surface area (Å²) in [6, 6.07) is 56.6. The van der Waals surface area contributed by atoms with E-state index >= 15 is 0 Å². The number of thiophene rings is 2. The molecule has 0 amide bonds. The second-order valence-corrected chi connectivity index (χ2v) is 13.7. The van der Waals surface area contributed by atoms with Gasteiger partial charge in [0.1, 0.15) is 0 Å². The number of rotatable bonds is 4. The number of hydrogen-bond acceptors (Lipinski definition) is 3. The molecule has 0 aliphatic rings. The molecule has 2 heterocycles. The van der Waals surface area contributed by atoms with Crippen LogP contribution in [-0.4, -0.2) is 0 Å². The highest BCUT2D eigenvalue weighted by molar-refractivity contribution is 7.26. The van der Waals surface area contributed by atoms with E-state index in [1.165, 1.54) is 57.0 Å². The van der Waals surface area contributed by atoms with Gasteiger partial charge in [0.15, 0.2) is 0 Å². The van der Waals surface area contributed by atoms with E-state index in [9.17, 15) is 5.26 Å². The fourth-order valence-corrected chi connectivity index (χ4v) is 9.18. The van der Waals surface area contributed by atoms with Crippen LogP contribution in [0.25, 0.3) is 84.9 Å². The minimum atomic E-state index is 0.662. The Balaban J connectivity index is 1.14. The maximum atomic E-state index is 10.1. The van der Waals surface area contributed by atoms with Crippen LogP contribution in [0.5, 0.6) is 0 Å². The normalized spacial score (nSPS) is 11.5. The van der Waals surface area contributed by atoms with E-state index in [0.29, 0.717) is 5.56 Å². The summed E-state index contributed by atoms with van der Waals surface area (Å²) in [6.07, 6.45) is 0. The summed E-state index contributed by atoms with van der Waals surface area (Å²) in [5, 5.41) is 15.2. The Morgan fingerprint density at radius 3 is 1.41 bits per heavy atom. The lowest BCUT2D eigenvalue weighted by molar-refractivity contribution is 1.48. The second-order valence-electron chi connectivity index (χ2n) is 11.6. The zero-order valence-electron chi connectivity index (χ0n) is 24.7. The molecule has 0 saturated heterocycles. The summed E-state index contributed by atoms with van der Waals surface area (Å²) in [6.45, 7) is 0. The first-order valence-corrected chi connectivity index (χ1v) is 16.9. The molecule has 1 nitrogen and oxygen atoms in total. The highest BCUT2D eigenvalue weighted by Gasteiger charge is 2.14. The molecule has 2 aromatic heterocycles. The monoisotopic (exact) mass is 619 g/mol. The highest BCUT2D eigenvalue weighted by atomic mass is 32.1. The maximum absolute atomic E-state index is 10.1. The molecule has 9 rings (SSSR count). The topological polar surface area (TPSA) is 23.8 Å². The minimum absolute atomic E-state index is 0.662. The zero-order chi connectivity index (χ0) is 30.6. The van der Waals surface area contributed by atoms with Gasteiger partial charge in [-0.1, -0.05) is 109 Å². The third kappa shape index (κ3) is 4.43. The average molecular weight is 620 g/mol. The first kappa shape index (κ1) is 26.8. The quantitative estimate of drug-likeness (QED) is 0.192. The molecule has 0 aliphatic heterocycles. The fraction of sp³-hybridized carbons (Fsp3) is 0. The number of nitriles is 1. The molecule has 0 atom stereocenters. The largest absolute Gasteiger partial charge is 0.192 e. The van der Waals surface area contributed by atoms with E-state index in [2.05, 4.69) is 146 Å². The molecule has 7 aromatic carbocycles. The van der Waals surface area contributed by atoms with Gasteiger partial charge >= 0.3 is 0 Å². The minimum Gasteiger partial charge on any atom is -0.192 e. The molecule has 3 heteroatoms. The molecule has 0 aliphatic carbocycles. The predicted molar refractivity (Wildman–Crippen MR) is 199 cm³/mol. The van der Waals surface area contributed by atoms with Crippen LogP contribution in [0.2, 0.25) is 0 Å². The standard InChI is InChI=1S/C43H25NS2/c44-26-27-21-32(25-33(22-27)35-16-8-18-39-37-14-2-4-20-41(37)46-43(35)39)30-11-5-9-28(23-30)29-10-6-12-31(24-29)34-15-7-17-38-36-13-1-3-19-40(36)45-42(34)38/h1-25H. The van der Waals surface area contributed by atoms with E-state index in [0.717, 1.165) is 27.8 Å². The number of fused-ring (bicyclic) bond motifs is 6. The third-order valence-corrected chi connectivity index (χ3v) is 11.3. The van der Waals surface area contributed by atoms with Crippen LogP contribution in [-0.2, 0) is 0 Å². The van der Waals surface area contributed by atoms with Gasteiger partial charge in [-0.3, -0.25) is 0 Å². The van der Waals surface area contributed by atoms with Crippen LogP contribution in [0.3, 0.4) is 0 Å². The van der Waals surface area contributed by atoms with Crippen molar-refractivity contribution in [1.82, 2.24) is 0 Å². The summed E-state index contributed by atoms with van der Waals surface area (Å²) in [5.41, 5.74) is 9.82. The van der Waals surface area contributed by atoms with Gasteiger partial charge in [0, 0.05) is 40.3 Å². The number of nitrogens with zero attached hydrogens (tertiary/aromatic N) is 1. The second kappa shape index (κ2) is 10.8. The predicted octanol–water partition coefficient (Wildman–Crippen LogP) is 13.0. The van der Waals surface area contributed by atoms with Crippen LogP contribution >= 0.6 is 22.7 Å². The van der Waals surface area contributed by atoms with E-state index in [4.69, 9.17) is 0 Å². The van der Waals surface area contributed by atoms with Crippen molar-refractivity contribution < 1.29 is 0 Å². The van der Waals surface area contributed by atoms with Crippen molar-refractivity contribution in [1.29, 1.82) is 5.26 Å². The van der Waals surface area contributed by atoms with Gasteiger partial charge in [-0.2, -0.15) is 5.26 Å². The van der Waals surface area contributed by atoms with Gasteiger partial charge in [0.25, 0.3) is 0 Å². The van der Waals surface area contributed by atoms with Crippen LogP contribution in [0.4, 0.5) is 0 Å². The molecule has 0 spiro atoms. The van der Waals surface area contributed by atoms with Crippen LogP contribution in [0.15, 0.2) is 152 Å². The number of benzene rings is 7. The number of hydrogen-bond donors (Lipinski definition) is 0. The van der Waals surface area contributed by atoms with Crippen LogP contribution < -0.4 is 0 Å². The first-order chi connectivity index (χ1) is 22.7. The Morgan fingerprint density at radius 1 is 0.370 bits per heavy atom. The van der Waals surface area contributed by atoms with Gasteiger partial charge in [0.2, 0.25) is 0 Å². The maximum Gasteiger partial charge on any atom is 0.0992 e. The van der Waals surface area contributed by atoms with Crippen molar-refractivity contribution in [2.24, 2.45) is 0 Å². The van der Waals surface area contributed by atoms with Crippen molar-refractivity contribution in [3.63, 3.8) is 0 Å². The Morgan fingerprint density at radius 2 is 0.804 bits per heavy atom. The molecule has 46 heavy (non-hydrogen) atoms. The van der Waals surface area contributed by atoms with Gasteiger partial charge in [0.05, 0.1) is 11.6 Å². The van der Waals surface area contributed by atoms with E-state index in [1.807, 2.05) is 34.8 Å². The lowest BCUT2D eigenvalue weighted by Gasteiger charge is -2.11. The molecule has 0 unspecified atom stereocenters. The van der Waals surface area contributed by atoms with Crippen LogP contribution in [0.1, 0.15) is 5.56 Å². The van der Waals surface area contributed by atoms with Crippen molar-refractivity contribution in [3.05, 3.63) is 157 Å². The Hall–Kier alpha value is -5.53. The summed E-state index contributed by atoms with van der Waals surface area (Å²) in [4.78, 5) is 0. The van der Waals surface area contributed by atoms with Crippen molar-refractivity contribution in [2.45, 2.75) is 0 Å². The molecular formula is C43H25NS2. The van der Waals surface area contributed by atoms with Gasteiger partial charge < -0.3 is 0 Å². The Labute approximate surface area is 274 Å². The summed E-state index contributed by atoms with van der Waals surface area (Å²) in [5.74, 6) is 0. The summed E-state index contributed by atoms with van der Waals surface area (Å²) >= 11 is 3.68. The van der Waals surface area contributed by atoms with E-state index in [1.54, 1.807) is 0 Å². The molecule has 0 fully saturated rings. The highest BCUT2D eigenvalue weighted by Crippen LogP contribution is 2.42. The van der Waals surface area contributed by atoms with Gasteiger partial charge in [-0.25, -0.2) is 0 Å². The molecule has 0 radical (unpaired) electrons. The van der Waals surface area contributed by atoms with E-state index < -0.39 is 0 Å². The van der Waals surface area contributed by atoms with Crippen LogP contribution in [0, 0.1) is 11.3 Å². The lowest BCUT2D eigenvalue weighted by Crippen LogP contribution is -1.87. The van der Waals surface area contributed by atoms with E-state index in [-0.39, 0.29) is 0 Å². The summed E-state index contributed by atoms with van der Waals surface area (Å²) < 4.78 is 5.17. The molecule has 0 N–H and O–H groups in total. The average Bonchev–Trinajstić information content (AvgIpc) is 3.70. The van der Waals surface area contributed by atoms with Crippen molar-refractivity contribution in [3.8, 4) is 50.6 Å². The van der Waals surface area contributed by atoms with Gasteiger partial charge in [-0.15, -0.1) is 22.7 Å². The summed E-state index contributed by atoms with van der Waals surface area (Å²) in [7, 11) is 0. The fourth-order valence-electron chi connectivity index (χ4n) is 6.71. The van der Waals surface area contributed by atoms with Gasteiger partial charge in [-0.05, 0) is 87.0 Å². The third-order valence-electron chi connectivity index (χ3n) is 8.88. The lowest BCUT2D eigenvalue weighted by atomic mass is 9.93. The molecule has 0 bridgehead atoms. The molecule has 0 saturated carbocycles. The van der Waals surface area contributed by atoms with Crippen molar-refractivity contribution in [2.75, 3.05) is 0 Å². The van der Waals surface area contributed by atoms with Crippen molar-refractivity contribution >= 4 is 63.0 Å². The Bertz CT molecular complexity index is 2670. The first-order valence-electron chi connectivity index (χ1n) is 15.3. The molecule has 214 valence electrons. The molecular weight excluding hydrogens is 595 g/mol.